The monoisotopic (exact) mass is 318 g/mol. The predicted octanol–water partition coefficient (Wildman–Crippen LogP) is 3.47. The van der Waals surface area contributed by atoms with Crippen molar-refractivity contribution < 1.29 is 18.7 Å². The number of urea groups is 1. The Kier molecular flexibility index (Phi) is 5.41. The topological polar surface area (TPSA) is 59.6 Å². The van der Waals surface area contributed by atoms with Crippen LogP contribution in [-0.2, 0) is 6.54 Å². The number of aryl methyl sites for hydroxylation is 1. The molecule has 5 nitrogen and oxygen atoms in total. The number of carbonyl (C=O) groups excluding carboxylic acids is 1. The van der Waals surface area contributed by atoms with Crippen LogP contribution in [0.2, 0.25) is 0 Å². The lowest BCUT2D eigenvalue weighted by Crippen LogP contribution is -2.28. The molecule has 0 saturated carbocycles. The highest BCUT2D eigenvalue weighted by molar-refractivity contribution is 5.89. The van der Waals surface area contributed by atoms with Crippen LogP contribution in [0.25, 0.3) is 0 Å². The standard InChI is InChI=1S/C17H19FN2O3/c1-11-8-13(5-6-14(11)18)20-17(21)19-10-12-4-7-15(22-2)16(9-12)23-3/h4-9H,10H2,1-3H3,(H2,19,20,21). The van der Waals surface area contributed by atoms with Crippen molar-refractivity contribution in [3.63, 3.8) is 0 Å². The summed E-state index contributed by atoms with van der Waals surface area (Å²) in [4.78, 5) is 11.9. The van der Waals surface area contributed by atoms with Crippen molar-refractivity contribution in [1.29, 1.82) is 0 Å². The Bertz CT molecular complexity index is 704. The van der Waals surface area contributed by atoms with E-state index in [1.54, 1.807) is 39.3 Å². The maximum atomic E-state index is 13.2. The highest BCUT2D eigenvalue weighted by Crippen LogP contribution is 2.27. The van der Waals surface area contributed by atoms with Crippen molar-refractivity contribution in [2.24, 2.45) is 0 Å². The SMILES string of the molecule is COc1ccc(CNC(=O)Nc2ccc(F)c(C)c2)cc1OC. The van der Waals surface area contributed by atoms with Gasteiger partial charge < -0.3 is 20.1 Å². The van der Waals surface area contributed by atoms with Crippen molar-refractivity contribution >= 4 is 11.7 Å². The molecule has 122 valence electrons. The zero-order valence-corrected chi connectivity index (χ0v) is 13.3. The average molecular weight is 318 g/mol. The third-order valence-electron chi connectivity index (χ3n) is 3.32. The number of rotatable bonds is 5. The molecular weight excluding hydrogens is 299 g/mol. The highest BCUT2D eigenvalue weighted by atomic mass is 19.1. The summed E-state index contributed by atoms with van der Waals surface area (Å²) in [6, 6.07) is 9.44. The van der Waals surface area contributed by atoms with E-state index in [0.717, 1.165) is 5.56 Å². The molecule has 2 N–H and O–H groups in total. The Balaban J connectivity index is 1.95. The predicted molar refractivity (Wildman–Crippen MR) is 86.5 cm³/mol. The Hall–Kier alpha value is -2.76. The van der Waals surface area contributed by atoms with Crippen LogP contribution in [0, 0.1) is 12.7 Å². The minimum atomic E-state index is -0.370. The fourth-order valence-electron chi connectivity index (χ4n) is 2.07. The number of hydrogen-bond donors (Lipinski definition) is 2. The lowest BCUT2D eigenvalue weighted by atomic mass is 10.2. The van der Waals surface area contributed by atoms with Crippen molar-refractivity contribution in [2.45, 2.75) is 13.5 Å². The van der Waals surface area contributed by atoms with Crippen molar-refractivity contribution in [2.75, 3.05) is 19.5 Å². The number of halogens is 1. The molecule has 2 aromatic carbocycles. The van der Waals surface area contributed by atoms with Crippen molar-refractivity contribution in [1.82, 2.24) is 5.32 Å². The summed E-state index contributed by atoms with van der Waals surface area (Å²) in [5.41, 5.74) is 1.88. The first-order valence-corrected chi connectivity index (χ1v) is 7.05. The van der Waals surface area contributed by atoms with Gasteiger partial charge in [-0.2, -0.15) is 0 Å². The normalized spacial score (nSPS) is 10.1. The minimum Gasteiger partial charge on any atom is -0.493 e. The van der Waals surface area contributed by atoms with Gasteiger partial charge in [0.2, 0.25) is 0 Å². The van der Waals surface area contributed by atoms with Crippen LogP contribution in [0.1, 0.15) is 11.1 Å². The van der Waals surface area contributed by atoms with Gasteiger partial charge in [0.15, 0.2) is 11.5 Å². The van der Waals surface area contributed by atoms with Gasteiger partial charge in [0.25, 0.3) is 0 Å². The van der Waals surface area contributed by atoms with Crippen LogP contribution < -0.4 is 20.1 Å². The molecule has 0 bridgehead atoms. The number of benzene rings is 2. The lowest BCUT2D eigenvalue weighted by Gasteiger charge is -2.11. The Morgan fingerprint density at radius 1 is 1.09 bits per heavy atom. The number of nitrogens with one attached hydrogen (secondary N) is 2. The largest absolute Gasteiger partial charge is 0.493 e. The first kappa shape index (κ1) is 16.6. The molecule has 0 aliphatic carbocycles. The molecule has 0 fully saturated rings. The zero-order chi connectivity index (χ0) is 16.8. The molecular formula is C17H19FN2O3. The summed E-state index contributed by atoms with van der Waals surface area (Å²) in [7, 11) is 3.12. The molecule has 0 atom stereocenters. The molecule has 0 saturated heterocycles. The molecule has 0 unspecified atom stereocenters. The van der Waals surface area contributed by atoms with Crippen molar-refractivity contribution in [3.8, 4) is 11.5 Å². The Labute approximate surface area is 134 Å². The zero-order valence-electron chi connectivity index (χ0n) is 13.3. The number of carbonyl (C=O) groups is 1. The second-order valence-electron chi connectivity index (χ2n) is 4.96. The smallest absolute Gasteiger partial charge is 0.319 e. The summed E-state index contributed by atoms with van der Waals surface area (Å²) in [5.74, 6) is 0.921. The van der Waals surface area contributed by atoms with Crippen LogP contribution in [0.5, 0.6) is 11.5 Å². The maximum Gasteiger partial charge on any atom is 0.319 e. The number of methoxy groups -OCH3 is 2. The molecule has 0 aromatic heterocycles. The summed E-state index contributed by atoms with van der Waals surface area (Å²) >= 11 is 0. The van der Waals surface area contributed by atoms with Gasteiger partial charge in [0.1, 0.15) is 5.82 Å². The van der Waals surface area contributed by atoms with E-state index in [0.29, 0.717) is 29.3 Å². The third-order valence-corrected chi connectivity index (χ3v) is 3.32. The van der Waals surface area contributed by atoms with Gasteiger partial charge in [-0.15, -0.1) is 0 Å². The summed E-state index contributed by atoms with van der Waals surface area (Å²) in [6.07, 6.45) is 0. The van der Waals surface area contributed by atoms with E-state index in [-0.39, 0.29) is 11.8 Å². The molecule has 2 amide bonds. The second kappa shape index (κ2) is 7.49. The fraction of sp³-hybridized carbons (Fsp3) is 0.235. The molecule has 0 aliphatic rings. The Morgan fingerprint density at radius 3 is 2.48 bits per heavy atom. The molecule has 0 heterocycles. The van der Waals surface area contributed by atoms with Gasteiger partial charge >= 0.3 is 6.03 Å². The minimum absolute atomic E-state index is 0.304. The quantitative estimate of drug-likeness (QED) is 0.887. The van der Waals surface area contributed by atoms with Gasteiger partial charge in [-0.1, -0.05) is 6.07 Å². The van der Waals surface area contributed by atoms with Crippen LogP contribution in [0.15, 0.2) is 36.4 Å². The molecule has 2 aromatic rings. The molecule has 2 rings (SSSR count). The molecule has 0 radical (unpaired) electrons. The second-order valence-corrected chi connectivity index (χ2v) is 4.96. The third kappa shape index (κ3) is 4.35. The summed E-state index contributed by atoms with van der Waals surface area (Å²) in [5, 5.41) is 5.39. The van der Waals surface area contributed by atoms with Gasteiger partial charge in [0, 0.05) is 12.2 Å². The van der Waals surface area contributed by atoms with E-state index in [4.69, 9.17) is 9.47 Å². The number of ether oxygens (including phenoxy) is 2. The highest BCUT2D eigenvalue weighted by Gasteiger charge is 2.07. The summed E-state index contributed by atoms with van der Waals surface area (Å²) in [6.45, 7) is 1.97. The van der Waals surface area contributed by atoms with Crippen LogP contribution >= 0.6 is 0 Å². The van der Waals surface area contributed by atoms with E-state index in [9.17, 15) is 9.18 Å². The van der Waals surface area contributed by atoms with E-state index in [2.05, 4.69) is 10.6 Å². The molecule has 0 spiro atoms. The van der Waals surface area contributed by atoms with E-state index >= 15 is 0 Å². The average Bonchev–Trinajstić information content (AvgIpc) is 2.56. The van der Waals surface area contributed by atoms with Gasteiger partial charge in [-0.3, -0.25) is 0 Å². The van der Waals surface area contributed by atoms with Crippen LogP contribution in [0.3, 0.4) is 0 Å². The van der Waals surface area contributed by atoms with Gasteiger partial charge in [0.05, 0.1) is 14.2 Å². The number of hydrogen-bond acceptors (Lipinski definition) is 3. The van der Waals surface area contributed by atoms with E-state index in [1.165, 1.54) is 12.1 Å². The van der Waals surface area contributed by atoms with E-state index < -0.39 is 0 Å². The van der Waals surface area contributed by atoms with Gasteiger partial charge in [-0.25, -0.2) is 9.18 Å². The van der Waals surface area contributed by atoms with Crippen LogP contribution in [0.4, 0.5) is 14.9 Å². The first-order chi connectivity index (χ1) is 11.0. The summed E-state index contributed by atoms with van der Waals surface area (Å²) < 4.78 is 23.6. The Morgan fingerprint density at radius 2 is 1.83 bits per heavy atom. The molecule has 0 aliphatic heterocycles. The van der Waals surface area contributed by atoms with Crippen LogP contribution in [-0.4, -0.2) is 20.3 Å². The number of amides is 2. The number of anilines is 1. The molecule has 6 heteroatoms. The first-order valence-electron chi connectivity index (χ1n) is 7.05. The maximum absolute atomic E-state index is 13.2. The molecule has 23 heavy (non-hydrogen) atoms. The lowest BCUT2D eigenvalue weighted by molar-refractivity contribution is 0.251. The fourth-order valence-corrected chi connectivity index (χ4v) is 2.07. The van der Waals surface area contributed by atoms with E-state index in [1.807, 2.05) is 6.07 Å². The van der Waals surface area contributed by atoms with Gasteiger partial charge in [-0.05, 0) is 48.4 Å². The van der Waals surface area contributed by atoms with Crippen molar-refractivity contribution in [3.05, 3.63) is 53.3 Å².